The van der Waals surface area contributed by atoms with E-state index >= 15 is 0 Å². The fourth-order valence-electron chi connectivity index (χ4n) is 6.03. The summed E-state index contributed by atoms with van der Waals surface area (Å²) in [5.74, 6) is 1.39. The Labute approximate surface area is 125 Å². The Morgan fingerprint density at radius 3 is 2.43 bits per heavy atom. The number of rotatable bonds is 2. The minimum absolute atomic E-state index is 0.194. The fourth-order valence-corrected chi connectivity index (χ4v) is 6.03. The summed E-state index contributed by atoms with van der Waals surface area (Å²) in [4.78, 5) is 13.1. The van der Waals surface area contributed by atoms with Gasteiger partial charge in [-0.1, -0.05) is 19.1 Å². The van der Waals surface area contributed by atoms with Gasteiger partial charge in [0.15, 0.2) is 5.78 Å². The van der Waals surface area contributed by atoms with E-state index in [1.165, 1.54) is 25.3 Å². The van der Waals surface area contributed by atoms with E-state index in [-0.39, 0.29) is 17.0 Å². The Hall–Kier alpha value is -1.18. The zero-order valence-corrected chi connectivity index (χ0v) is 12.9. The lowest BCUT2D eigenvalue weighted by molar-refractivity contribution is -0.0820. The van der Waals surface area contributed by atoms with Crippen molar-refractivity contribution < 1.29 is 9.18 Å². The second-order valence-electron chi connectivity index (χ2n) is 8.35. The summed E-state index contributed by atoms with van der Waals surface area (Å²) in [6, 6.07) is 5.02. The molecule has 4 saturated carbocycles. The molecule has 112 valence electrons. The molecule has 4 aliphatic carbocycles. The van der Waals surface area contributed by atoms with E-state index in [0.717, 1.165) is 31.1 Å². The highest BCUT2D eigenvalue weighted by Gasteiger charge is 2.58. The SMILES string of the molecule is Cc1ccc(C(=O)C23CC4CC(CC(C)(C4)C2)C3)cc1F. The maximum atomic E-state index is 13.8. The van der Waals surface area contributed by atoms with Crippen molar-refractivity contribution in [1.29, 1.82) is 0 Å². The summed E-state index contributed by atoms with van der Waals surface area (Å²) in [6.45, 7) is 4.11. The maximum Gasteiger partial charge on any atom is 0.169 e. The monoisotopic (exact) mass is 286 g/mol. The first-order chi connectivity index (χ1) is 9.89. The number of halogens is 1. The molecule has 0 aliphatic heterocycles. The molecule has 1 aromatic rings. The molecule has 0 saturated heterocycles. The van der Waals surface area contributed by atoms with Crippen LogP contribution in [0, 0.1) is 35.4 Å². The van der Waals surface area contributed by atoms with Gasteiger partial charge in [0.1, 0.15) is 5.82 Å². The van der Waals surface area contributed by atoms with Gasteiger partial charge in [-0.25, -0.2) is 4.39 Å². The average molecular weight is 286 g/mol. The Kier molecular flexibility index (Phi) is 2.68. The number of carbonyl (C=O) groups excluding carboxylic acids is 1. The van der Waals surface area contributed by atoms with Gasteiger partial charge in [0.25, 0.3) is 0 Å². The summed E-state index contributed by atoms with van der Waals surface area (Å²) < 4.78 is 13.8. The summed E-state index contributed by atoms with van der Waals surface area (Å²) >= 11 is 0. The Morgan fingerprint density at radius 2 is 1.86 bits per heavy atom. The highest BCUT2D eigenvalue weighted by atomic mass is 19.1. The van der Waals surface area contributed by atoms with Crippen LogP contribution in [-0.2, 0) is 0 Å². The molecular formula is C19H23FO. The zero-order chi connectivity index (χ0) is 14.8. The van der Waals surface area contributed by atoms with Gasteiger partial charge in [-0.05, 0) is 74.3 Å². The zero-order valence-electron chi connectivity index (χ0n) is 12.9. The normalized spacial score (nSPS) is 40.5. The van der Waals surface area contributed by atoms with Gasteiger partial charge in [0, 0.05) is 11.0 Å². The van der Waals surface area contributed by atoms with Crippen molar-refractivity contribution >= 4 is 5.78 Å². The molecule has 0 amide bonds. The largest absolute Gasteiger partial charge is 0.294 e. The summed E-state index contributed by atoms with van der Waals surface area (Å²) in [5.41, 5.74) is 1.36. The van der Waals surface area contributed by atoms with Crippen LogP contribution in [0.5, 0.6) is 0 Å². The number of ketones is 1. The first-order valence-electron chi connectivity index (χ1n) is 8.20. The van der Waals surface area contributed by atoms with Gasteiger partial charge >= 0.3 is 0 Å². The van der Waals surface area contributed by atoms with Gasteiger partial charge in [-0.3, -0.25) is 4.79 Å². The minimum atomic E-state index is -0.253. The van der Waals surface area contributed by atoms with Crippen LogP contribution in [0.25, 0.3) is 0 Å². The highest BCUT2D eigenvalue weighted by Crippen LogP contribution is 2.65. The van der Waals surface area contributed by atoms with Crippen molar-refractivity contribution in [2.24, 2.45) is 22.7 Å². The van der Waals surface area contributed by atoms with Gasteiger partial charge in [-0.2, -0.15) is 0 Å². The quantitative estimate of drug-likeness (QED) is 0.705. The number of hydrogen-bond donors (Lipinski definition) is 0. The van der Waals surface area contributed by atoms with Crippen LogP contribution in [0.4, 0.5) is 4.39 Å². The lowest BCUT2D eigenvalue weighted by Gasteiger charge is -2.60. The third-order valence-electron chi connectivity index (χ3n) is 6.27. The van der Waals surface area contributed by atoms with Crippen LogP contribution in [0.1, 0.15) is 61.4 Å². The van der Waals surface area contributed by atoms with Crippen LogP contribution < -0.4 is 0 Å². The first kappa shape index (κ1) is 13.5. The van der Waals surface area contributed by atoms with Crippen molar-refractivity contribution in [3.63, 3.8) is 0 Å². The van der Waals surface area contributed by atoms with Crippen LogP contribution in [0.3, 0.4) is 0 Å². The minimum Gasteiger partial charge on any atom is -0.294 e. The number of carbonyl (C=O) groups is 1. The van der Waals surface area contributed by atoms with E-state index in [4.69, 9.17) is 0 Å². The molecule has 1 nitrogen and oxygen atoms in total. The standard InChI is InChI=1S/C19H23FO/c1-12-3-4-15(6-16(12)20)17(21)19-9-13-5-14(10-19)8-18(2,7-13)11-19/h3-4,6,13-14H,5,7-11H2,1-2H3. The van der Waals surface area contributed by atoms with E-state index in [1.807, 2.05) is 6.07 Å². The first-order valence-corrected chi connectivity index (χ1v) is 8.20. The molecule has 2 atom stereocenters. The van der Waals surface area contributed by atoms with Crippen molar-refractivity contribution in [3.05, 3.63) is 35.1 Å². The number of hydrogen-bond acceptors (Lipinski definition) is 1. The van der Waals surface area contributed by atoms with Crippen LogP contribution in [-0.4, -0.2) is 5.78 Å². The summed E-state index contributed by atoms with van der Waals surface area (Å²) in [5, 5.41) is 0. The van der Waals surface area contributed by atoms with E-state index in [0.29, 0.717) is 16.5 Å². The highest BCUT2D eigenvalue weighted by molar-refractivity contribution is 6.01. The van der Waals surface area contributed by atoms with Crippen molar-refractivity contribution in [2.45, 2.75) is 52.4 Å². The molecule has 0 N–H and O–H groups in total. The van der Waals surface area contributed by atoms with E-state index in [2.05, 4.69) is 6.92 Å². The van der Waals surface area contributed by atoms with E-state index < -0.39 is 0 Å². The van der Waals surface area contributed by atoms with Crippen LogP contribution in [0.2, 0.25) is 0 Å². The molecule has 4 aliphatic rings. The Balaban J connectivity index is 1.72. The summed E-state index contributed by atoms with van der Waals surface area (Å²) in [6.07, 6.45) is 6.98. The molecule has 4 bridgehead atoms. The molecule has 4 fully saturated rings. The lowest BCUT2D eigenvalue weighted by Crippen LogP contribution is -2.54. The molecule has 2 heteroatoms. The number of aryl methyl sites for hydroxylation is 1. The molecule has 0 spiro atoms. The topological polar surface area (TPSA) is 17.1 Å². The maximum absolute atomic E-state index is 13.8. The van der Waals surface area contributed by atoms with E-state index in [9.17, 15) is 9.18 Å². The van der Waals surface area contributed by atoms with Crippen molar-refractivity contribution in [2.75, 3.05) is 0 Å². The third kappa shape index (κ3) is 1.98. The lowest BCUT2D eigenvalue weighted by atomic mass is 9.43. The van der Waals surface area contributed by atoms with Gasteiger partial charge in [0.2, 0.25) is 0 Å². The molecule has 5 rings (SSSR count). The third-order valence-corrected chi connectivity index (χ3v) is 6.27. The molecule has 21 heavy (non-hydrogen) atoms. The molecule has 0 heterocycles. The summed E-state index contributed by atoms with van der Waals surface area (Å²) in [7, 11) is 0. The van der Waals surface area contributed by atoms with Crippen molar-refractivity contribution in [1.82, 2.24) is 0 Å². The second-order valence-corrected chi connectivity index (χ2v) is 8.35. The average Bonchev–Trinajstić information content (AvgIpc) is 2.38. The molecule has 2 unspecified atom stereocenters. The smallest absolute Gasteiger partial charge is 0.169 e. The Morgan fingerprint density at radius 1 is 1.19 bits per heavy atom. The fraction of sp³-hybridized carbons (Fsp3) is 0.632. The van der Waals surface area contributed by atoms with Crippen LogP contribution >= 0.6 is 0 Å². The predicted octanol–water partition coefficient (Wildman–Crippen LogP) is 4.92. The number of Topliss-reactive ketones (excluding diaryl/α,β-unsaturated/α-hetero) is 1. The van der Waals surface area contributed by atoms with Crippen molar-refractivity contribution in [3.8, 4) is 0 Å². The molecule has 0 radical (unpaired) electrons. The van der Waals surface area contributed by atoms with Gasteiger partial charge in [0.05, 0.1) is 0 Å². The number of benzene rings is 1. The van der Waals surface area contributed by atoms with Gasteiger partial charge in [-0.15, -0.1) is 0 Å². The molecule has 1 aromatic carbocycles. The molecule has 0 aromatic heterocycles. The predicted molar refractivity (Wildman–Crippen MR) is 80.7 cm³/mol. The Bertz CT molecular complexity index is 604. The molecular weight excluding hydrogens is 263 g/mol. The van der Waals surface area contributed by atoms with E-state index in [1.54, 1.807) is 13.0 Å². The van der Waals surface area contributed by atoms with Crippen LogP contribution in [0.15, 0.2) is 18.2 Å². The van der Waals surface area contributed by atoms with Gasteiger partial charge < -0.3 is 0 Å². The second kappa shape index (κ2) is 4.18.